The molecule has 0 aliphatic carbocycles. The van der Waals surface area contributed by atoms with Crippen molar-refractivity contribution in [2.75, 3.05) is 11.9 Å². The second-order valence-corrected chi connectivity index (χ2v) is 4.30. The summed E-state index contributed by atoms with van der Waals surface area (Å²) in [5.41, 5.74) is -0.0000168. The summed E-state index contributed by atoms with van der Waals surface area (Å²) in [4.78, 5) is 10.1. The summed E-state index contributed by atoms with van der Waals surface area (Å²) in [5, 5.41) is 32.0. The number of nitriles is 1. The van der Waals surface area contributed by atoms with Crippen molar-refractivity contribution >= 4 is 11.4 Å². The van der Waals surface area contributed by atoms with Gasteiger partial charge in [-0.05, 0) is 19.4 Å². The van der Waals surface area contributed by atoms with Crippen LogP contribution in [0, 0.1) is 21.4 Å². The summed E-state index contributed by atoms with van der Waals surface area (Å²) in [7, 11) is 0. The van der Waals surface area contributed by atoms with Crippen molar-refractivity contribution < 1.29 is 10.0 Å². The summed E-state index contributed by atoms with van der Waals surface area (Å²) in [5.74, 6) is 0. The van der Waals surface area contributed by atoms with Gasteiger partial charge in [-0.15, -0.1) is 0 Å². The molecule has 0 aliphatic rings. The first-order chi connectivity index (χ1) is 8.45. The van der Waals surface area contributed by atoms with Crippen molar-refractivity contribution in [3.05, 3.63) is 33.9 Å². The molecule has 1 unspecified atom stereocenters. The number of nitrogens with zero attached hydrogens (tertiary/aromatic N) is 2. The molecule has 0 radical (unpaired) electrons. The van der Waals surface area contributed by atoms with Crippen molar-refractivity contribution in [3.8, 4) is 6.07 Å². The maximum Gasteiger partial charge on any atom is 0.270 e. The van der Waals surface area contributed by atoms with Crippen LogP contribution in [0.15, 0.2) is 18.2 Å². The Bertz CT molecular complexity index is 490. The fourth-order valence-corrected chi connectivity index (χ4v) is 1.41. The Morgan fingerprint density at radius 1 is 1.61 bits per heavy atom. The number of non-ortho nitro benzene ring substituents is 1. The van der Waals surface area contributed by atoms with Crippen LogP contribution in [0.25, 0.3) is 0 Å². The van der Waals surface area contributed by atoms with Gasteiger partial charge < -0.3 is 10.4 Å². The molecule has 96 valence electrons. The third-order valence-electron chi connectivity index (χ3n) is 2.90. The predicted molar refractivity (Wildman–Crippen MR) is 67.2 cm³/mol. The van der Waals surface area contributed by atoms with E-state index in [-0.39, 0.29) is 17.9 Å². The van der Waals surface area contributed by atoms with E-state index in [1.807, 2.05) is 19.9 Å². The number of rotatable bonds is 5. The van der Waals surface area contributed by atoms with Crippen molar-refractivity contribution in [2.24, 2.45) is 0 Å². The Hall–Kier alpha value is -2.13. The quantitative estimate of drug-likeness (QED) is 0.614. The minimum atomic E-state index is -0.554. The summed E-state index contributed by atoms with van der Waals surface area (Å²) < 4.78 is 0. The number of nitro benzene ring substituents is 1. The second kappa shape index (κ2) is 5.47. The van der Waals surface area contributed by atoms with Crippen molar-refractivity contribution in [2.45, 2.75) is 25.8 Å². The molecule has 6 heteroatoms. The molecule has 0 aliphatic heterocycles. The van der Waals surface area contributed by atoms with Gasteiger partial charge in [-0.1, -0.05) is 6.92 Å². The lowest BCUT2D eigenvalue weighted by Crippen LogP contribution is -2.38. The molecule has 0 spiro atoms. The van der Waals surface area contributed by atoms with E-state index >= 15 is 0 Å². The van der Waals surface area contributed by atoms with Gasteiger partial charge in [0.05, 0.1) is 28.3 Å². The standard InChI is InChI=1S/C12H15N3O3/c1-3-12(2,8-16)14-11-5-4-10(15(17)18)6-9(11)7-13/h4-6,14,16H,3,8H2,1-2H3. The van der Waals surface area contributed by atoms with Gasteiger partial charge in [0, 0.05) is 12.1 Å². The van der Waals surface area contributed by atoms with Crippen LogP contribution in [-0.2, 0) is 0 Å². The number of aliphatic hydroxyl groups excluding tert-OH is 1. The molecule has 18 heavy (non-hydrogen) atoms. The molecule has 0 saturated carbocycles. The van der Waals surface area contributed by atoms with Crippen LogP contribution in [0.5, 0.6) is 0 Å². The molecule has 1 aromatic rings. The minimum absolute atomic E-state index is 0.0919. The largest absolute Gasteiger partial charge is 0.394 e. The molecule has 1 atom stereocenters. The fourth-order valence-electron chi connectivity index (χ4n) is 1.41. The van der Waals surface area contributed by atoms with E-state index in [1.54, 1.807) is 0 Å². The Morgan fingerprint density at radius 2 is 2.28 bits per heavy atom. The van der Waals surface area contributed by atoms with E-state index in [4.69, 9.17) is 5.26 Å². The average Bonchev–Trinajstić information content (AvgIpc) is 2.38. The number of nitro groups is 1. The van der Waals surface area contributed by atoms with Crippen molar-refractivity contribution in [1.82, 2.24) is 0 Å². The van der Waals surface area contributed by atoms with Gasteiger partial charge in [-0.3, -0.25) is 10.1 Å². The topological polar surface area (TPSA) is 99.2 Å². The number of benzene rings is 1. The predicted octanol–water partition coefficient (Wildman–Crippen LogP) is 2.04. The normalized spacial score (nSPS) is 13.4. The number of nitrogens with one attached hydrogen (secondary N) is 1. The third kappa shape index (κ3) is 2.96. The summed E-state index contributed by atoms with van der Waals surface area (Å²) >= 11 is 0. The fraction of sp³-hybridized carbons (Fsp3) is 0.417. The van der Waals surface area contributed by atoms with Gasteiger partial charge in [-0.25, -0.2) is 0 Å². The van der Waals surface area contributed by atoms with Crippen LogP contribution >= 0.6 is 0 Å². The van der Waals surface area contributed by atoms with Crippen LogP contribution < -0.4 is 5.32 Å². The zero-order chi connectivity index (χ0) is 13.8. The zero-order valence-electron chi connectivity index (χ0n) is 10.3. The lowest BCUT2D eigenvalue weighted by Gasteiger charge is -2.28. The van der Waals surface area contributed by atoms with Gasteiger partial charge in [0.1, 0.15) is 6.07 Å². The highest BCUT2D eigenvalue weighted by Gasteiger charge is 2.22. The van der Waals surface area contributed by atoms with Gasteiger partial charge in [0.15, 0.2) is 0 Å². The Kier molecular flexibility index (Phi) is 4.23. The molecular formula is C12H15N3O3. The average molecular weight is 249 g/mol. The van der Waals surface area contributed by atoms with E-state index in [9.17, 15) is 15.2 Å². The molecule has 6 nitrogen and oxygen atoms in total. The highest BCUT2D eigenvalue weighted by Crippen LogP contribution is 2.25. The molecule has 0 bridgehead atoms. The second-order valence-electron chi connectivity index (χ2n) is 4.30. The van der Waals surface area contributed by atoms with Gasteiger partial charge in [-0.2, -0.15) is 5.26 Å². The number of aliphatic hydroxyl groups is 1. The van der Waals surface area contributed by atoms with Gasteiger partial charge >= 0.3 is 0 Å². The van der Waals surface area contributed by atoms with E-state index in [0.717, 1.165) is 0 Å². The number of anilines is 1. The number of hydrogen-bond donors (Lipinski definition) is 2. The van der Waals surface area contributed by atoms with E-state index in [0.29, 0.717) is 12.1 Å². The van der Waals surface area contributed by atoms with Gasteiger partial charge in [0.2, 0.25) is 0 Å². The molecule has 1 aromatic carbocycles. The van der Waals surface area contributed by atoms with Crippen LogP contribution in [0.2, 0.25) is 0 Å². The minimum Gasteiger partial charge on any atom is -0.394 e. The first kappa shape index (κ1) is 13.9. The molecule has 0 saturated heterocycles. The van der Waals surface area contributed by atoms with E-state index < -0.39 is 10.5 Å². The smallest absolute Gasteiger partial charge is 0.270 e. The summed E-state index contributed by atoms with van der Waals surface area (Å²) in [6.45, 7) is 3.63. The molecule has 0 heterocycles. The van der Waals surface area contributed by atoms with Gasteiger partial charge in [0.25, 0.3) is 5.69 Å². The van der Waals surface area contributed by atoms with Crippen molar-refractivity contribution in [3.63, 3.8) is 0 Å². The van der Waals surface area contributed by atoms with Crippen LogP contribution in [-0.4, -0.2) is 22.2 Å². The molecule has 0 aromatic heterocycles. The van der Waals surface area contributed by atoms with Crippen molar-refractivity contribution in [1.29, 1.82) is 5.26 Å². The molecule has 0 fully saturated rings. The Balaban J connectivity index is 3.11. The Morgan fingerprint density at radius 3 is 2.72 bits per heavy atom. The van der Waals surface area contributed by atoms with Crippen LogP contribution in [0.1, 0.15) is 25.8 Å². The van der Waals surface area contributed by atoms with Crippen LogP contribution in [0.4, 0.5) is 11.4 Å². The molecule has 0 amide bonds. The maximum atomic E-state index is 10.6. The lowest BCUT2D eigenvalue weighted by molar-refractivity contribution is -0.384. The molecular weight excluding hydrogens is 234 g/mol. The number of hydrogen-bond acceptors (Lipinski definition) is 5. The monoisotopic (exact) mass is 249 g/mol. The van der Waals surface area contributed by atoms with Crippen LogP contribution in [0.3, 0.4) is 0 Å². The first-order valence-electron chi connectivity index (χ1n) is 5.53. The zero-order valence-corrected chi connectivity index (χ0v) is 10.3. The Labute approximate surface area is 105 Å². The van der Waals surface area contributed by atoms with E-state index in [1.165, 1.54) is 18.2 Å². The third-order valence-corrected chi connectivity index (χ3v) is 2.90. The highest BCUT2D eigenvalue weighted by atomic mass is 16.6. The summed E-state index contributed by atoms with van der Waals surface area (Å²) in [6, 6.07) is 5.95. The summed E-state index contributed by atoms with van der Waals surface area (Å²) in [6.07, 6.45) is 0.658. The first-order valence-corrected chi connectivity index (χ1v) is 5.53. The highest BCUT2D eigenvalue weighted by molar-refractivity contribution is 5.62. The lowest BCUT2D eigenvalue weighted by atomic mass is 9.99. The molecule has 2 N–H and O–H groups in total. The molecule has 1 rings (SSSR count). The SMILES string of the molecule is CCC(C)(CO)Nc1ccc([N+](=O)[O-])cc1C#N. The maximum absolute atomic E-state index is 10.6. The van der Waals surface area contributed by atoms with E-state index in [2.05, 4.69) is 5.32 Å².